The van der Waals surface area contributed by atoms with Crippen LogP contribution in [0.15, 0.2) is 78.2 Å². The van der Waals surface area contributed by atoms with Crippen LogP contribution in [0.3, 0.4) is 0 Å². The molecule has 0 atom stereocenters. The third-order valence-corrected chi connectivity index (χ3v) is 6.38. The number of rotatable bonds is 8. The van der Waals surface area contributed by atoms with Gasteiger partial charge < -0.3 is 15.5 Å². The van der Waals surface area contributed by atoms with Crippen molar-refractivity contribution in [3.05, 3.63) is 94.9 Å². The van der Waals surface area contributed by atoms with Gasteiger partial charge in [0.1, 0.15) is 5.75 Å². The molecule has 6 nitrogen and oxygen atoms in total. The van der Waals surface area contributed by atoms with Crippen molar-refractivity contribution in [1.29, 1.82) is 0 Å². The van der Waals surface area contributed by atoms with Gasteiger partial charge in [-0.15, -0.1) is 11.3 Å². The van der Waals surface area contributed by atoms with Gasteiger partial charge in [0.2, 0.25) is 5.91 Å². The number of thiophene rings is 1. The van der Waals surface area contributed by atoms with Gasteiger partial charge in [-0.2, -0.15) is 0 Å². The first-order valence-corrected chi connectivity index (χ1v) is 11.8. The molecule has 1 heterocycles. The van der Waals surface area contributed by atoms with Crippen LogP contribution in [-0.2, 0) is 22.4 Å². The lowest BCUT2D eigenvalue weighted by molar-refractivity contribution is -0.136. The van der Waals surface area contributed by atoms with E-state index in [0.29, 0.717) is 16.7 Å². The first-order chi connectivity index (χ1) is 16.8. The molecule has 4 rings (SSSR count). The summed E-state index contributed by atoms with van der Waals surface area (Å²) < 4.78 is 0. The molecule has 176 valence electrons. The van der Waals surface area contributed by atoms with Crippen LogP contribution < -0.4 is 5.32 Å². The minimum atomic E-state index is -0.889. The zero-order chi connectivity index (χ0) is 24.9. The van der Waals surface area contributed by atoms with E-state index in [1.807, 2.05) is 35.7 Å². The highest BCUT2D eigenvalue weighted by Crippen LogP contribution is 2.34. The fraction of sp³-hybridized carbons (Fsp3) is 0.107. The lowest BCUT2D eigenvalue weighted by Gasteiger charge is -2.07. The van der Waals surface area contributed by atoms with Crippen molar-refractivity contribution < 1.29 is 24.6 Å². The maximum Gasteiger partial charge on any atom is 0.307 e. The first-order valence-electron chi connectivity index (χ1n) is 10.9. The molecular weight excluding hydrogens is 462 g/mol. The lowest BCUT2D eigenvalue weighted by atomic mass is 9.99. The number of amides is 1. The summed E-state index contributed by atoms with van der Waals surface area (Å²) in [5, 5.41) is 24.8. The Hall–Kier alpha value is -4.23. The molecule has 1 aromatic heterocycles. The van der Waals surface area contributed by atoms with Crippen molar-refractivity contribution in [3.63, 3.8) is 0 Å². The second kappa shape index (κ2) is 10.4. The largest absolute Gasteiger partial charge is 0.507 e. The number of anilines is 1. The molecule has 7 heteroatoms. The third-order valence-electron chi connectivity index (χ3n) is 5.54. The zero-order valence-corrected chi connectivity index (χ0v) is 19.8. The predicted octanol–water partition coefficient (Wildman–Crippen LogP) is 5.80. The fourth-order valence-corrected chi connectivity index (χ4v) is 4.53. The van der Waals surface area contributed by atoms with E-state index in [1.54, 1.807) is 36.4 Å². The minimum absolute atomic E-state index is 0.0429. The summed E-state index contributed by atoms with van der Waals surface area (Å²) in [5.41, 5.74) is 5.38. The van der Waals surface area contributed by atoms with Gasteiger partial charge >= 0.3 is 5.97 Å². The number of benzene rings is 3. The van der Waals surface area contributed by atoms with Crippen LogP contribution in [-0.4, -0.2) is 27.9 Å². The van der Waals surface area contributed by atoms with Crippen LogP contribution in [0.25, 0.3) is 22.3 Å². The van der Waals surface area contributed by atoms with Crippen molar-refractivity contribution in [2.45, 2.75) is 19.8 Å². The van der Waals surface area contributed by atoms with Gasteiger partial charge in [0.15, 0.2) is 5.78 Å². The Morgan fingerprint density at radius 2 is 1.43 bits per heavy atom. The minimum Gasteiger partial charge on any atom is -0.507 e. The van der Waals surface area contributed by atoms with E-state index in [9.17, 15) is 19.5 Å². The zero-order valence-electron chi connectivity index (χ0n) is 18.9. The first kappa shape index (κ1) is 23.9. The Morgan fingerprint density at radius 3 is 2.03 bits per heavy atom. The normalized spacial score (nSPS) is 10.7. The Labute approximate surface area is 206 Å². The lowest BCUT2D eigenvalue weighted by Crippen LogP contribution is -2.13. The van der Waals surface area contributed by atoms with E-state index in [0.717, 1.165) is 27.3 Å². The van der Waals surface area contributed by atoms with Crippen LogP contribution in [0, 0.1) is 0 Å². The number of carboxylic acids is 1. The summed E-state index contributed by atoms with van der Waals surface area (Å²) in [4.78, 5) is 34.7. The molecule has 35 heavy (non-hydrogen) atoms. The summed E-state index contributed by atoms with van der Waals surface area (Å²) in [6.45, 7) is 1.46. The fourth-order valence-electron chi connectivity index (χ4n) is 3.71. The van der Waals surface area contributed by atoms with Gasteiger partial charge in [0, 0.05) is 16.5 Å². The monoisotopic (exact) mass is 485 g/mol. The molecular formula is C28H23NO5S. The van der Waals surface area contributed by atoms with Gasteiger partial charge in [-0.3, -0.25) is 14.4 Å². The van der Waals surface area contributed by atoms with Crippen molar-refractivity contribution in [2.75, 3.05) is 5.32 Å². The van der Waals surface area contributed by atoms with E-state index < -0.39 is 5.97 Å². The van der Waals surface area contributed by atoms with E-state index in [-0.39, 0.29) is 30.3 Å². The standard InChI is InChI=1S/C28H23NO5S/c1-17(30)22-10-11-24(25(31)14-22)21-8-6-20(7-9-21)23-15-27(35-16-23)29-26(32)12-18-2-4-19(5-3-18)13-28(33)34/h2-11,14-16,31H,12-13H2,1H3,(H,29,32)(H,33,34). The summed E-state index contributed by atoms with van der Waals surface area (Å²) in [5.74, 6) is -1.08. The Bertz CT molecular complexity index is 1390. The van der Waals surface area contributed by atoms with Gasteiger partial charge in [-0.1, -0.05) is 54.6 Å². The number of carboxylic acid groups (broad SMARTS) is 1. The van der Waals surface area contributed by atoms with Gasteiger partial charge in [0.05, 0.1) is 17.8 Å². The quantitative estimate of drug-likeness (QED) is 0.274. The number of aliphatic carboxylic acids is 1. The second-order valence-electron chi connectivity index (χ2n) is 8.18. The van der Waals surface area contributed by atoms with Gasteiger partial charge in [0.25, 0.3) is 0 Å². The maximum absolute atomic E-state index is 12.4. The van der Waals surface area contributed by atoms with Crippen LogP contribution in [0.4, 0.5) is 5.00 Å². The SMILES string of the molecule is CC(=O)c1ccc(-c2ccc(-c3csc(NC(=O)Cc4ccc(CC(=O)O)cc4)c3)cc2)c(O)c1. The van der Waals surface area contributed by atoms with Crippen LogP contribution in [0.5, 0.6) is 5.75 Å². The molecule has 3 aromatic carbocycles. The molecule has 0 radical (unpaired) electrons. The molecule has 0 saturated carbocycles. The smallest absolute Gasteiger partial charge is 0.307 e. The highest BCUT2D eigenvalue weighted by atomic mass is 32.1. The van der Waals surface area contributed by atoms with Crippen molar-refractivity contribution in [1.82, 2.24) is 0 Å². The highest BCUT2D eigenvalue weighted by molar-refractivity contribution is 7.14. The number of phenols is 1. The molecule has 0 fully saturated rings. The average molecular weight is 486 g/mol. The molecule has 0 aliphatic carbocycles. The Morgan fingerprint density at radius 1 is 0.800 bits per heavy atom. The molecule has 0 aliphatic heterocycles. The Kier molecular flexibility index (Phi) is 7.08. The predicted molar refractivity (Wildman–Crippen MR) is 137 cm³/mol. The summed E-state index contributed by atoms with van der Waals surface area (Å²) in [7, 11) is 0. The summed E-state index contributed by atoms with van der Waals surface area (Å²) >= 11 is 1.43. The number of hydrogen-bond donors (Lipinski definition) is 3. The molecule has 4 aromatic rings. The molecule has 3 N–H and O–H groups in total. The van der Waals surface area contributed by atoms with Crippen LogP contribution in [0.1, 0.15) is 28.4 Å². The molecule has 0 unspecified atom stereocenters. The van der Waals surface area contributed by atoms with E-state index in [1.165, 1.54) is 24.3 Å². The number of phenolic OH excluding ortho intramolecular Hbond substituents is 1. The van der Waals surface area contributed by atoms with Crippen LogP contribution in [0.2, 0.25) is 0 Å². The average Bonchev–Trinajstić information content (AvgIpc) is 3.28. The third kappa shape index (κ3) is 6.02. The number of Topliss-reactive ketones (excluding diaryl/α,β-unsaturated/α-hetero) is 1. The molecule has 0 spiro atoms. The maximum atomic E-state index is 12.4. The van der Waals surface area contributed by atoms with Crippen LogP contribution >= 0.6 is 11.3 Å². The number of nitrogens with one attached hydrogen (secondary N) is 1. The van der Waals surface area contributed by atoms with Crippen molar-refractivity contribution in [3.8, 4) is 28.0 Å². The molecule has 0 aliphatic rings. The summed E-state index contributed by atoms with van der Waals surface area (Å²) in [6, 6.07) is 21.5. The topological polar surface area (TPSA) is 104 Å². The highest BCUT2D eigenvalue weighted by Gasteiger charge is 2.11. The molecule has 1 amide bonds. The molecule has 0 bridgehead atoms. The van der Waals surface area contributed by atoms with Gasteiger partial charge in [-0.25, -0.2) is 0 Å². The summed E-state index contributed by atoms with van der Waals surface area (Å²) in [6.07, 6.45) is 0.153. The number of carbonyl (C=O) groups is 3. The Balaban J connectivity index is 1.40. The van der Waals surface area contributed by atoms with Gasteiger partial charge in [-0.05, 0) is 52.9 Å². The molecule has 0 saturated heterocycles. The van der Waals surface area contributed by atoms with E-state index >= 15 is 0 Å². The van der Waals surface area contributed by atoms with Crippen molar-refractivity contribution in [2.24, 2.45) is 0 Å². The van der Waals surface area contributed by atoms with E-state index in [4.69, 9.17) is 5.11 Å². The number of hydrogen-bond acceptors (Lipinski definition) is 5. The van der Waals surface area contributed by atoms with Crippen molar-refractivity contribution >= 4 is 34.0 Å². The number of aromatic hydroxyl groups is 1. The number of ketones is 1. The second-order valence-corrected chi connectivity index (χ2v) is 9.09. The number of carbonyl (C=O) groups excluding carboxylic acids is 2. The van der Waals surface area contributed by atoms with E-state index in [2.05, 4.69) is 5.32 Å².